The van der Waals surface area contributed by atoms with Gasteiger partial charge in [-0.3, -0.25) is 0 Å². The molecule has 2 aromatic carbocycles. The number of nitrogen functional groups attached to an aromatic ring is 1. The van der Waals surface area contributed by atoms with Crippen LogP contribution in [0.15, 0.2) is 53.3 Å². The van der Waals surface area contributed by atoms with Gasteiger partial charge in [-0.2, -0.15) is 5.26 Å². The Kier molecular flexibility index (Phi) is 3.42. The van der Waals surface area contributed by atoms with Gasteiger partial charge in [-0.25, -0.2) is 9.67 Å². The van der Waals surface area contributed by atoms with Crippen LogP contribution >= 0.6 is 15.9 Å². The number of nitrogens with two attached hydrogens (primary N) is 1. The highest BCUT2D eigenvalue weighted by Crippen LogP contribution is 2.23. The highest BCUT2D eigenvalue weighted by Gasteiger charge is 2.08. The van der Waals surface area contributed by atoms with Crippen molar-refractivity contribution in [2.24, 2.45) is 0 Å². The maximum absolute atomic E-state index is 8.88. The SMILES string of the molecule is N#Cc1ccc(-n2cnc(-c3ccc(N)cc3)n2)c(Br)c1. The number of hydrogen-bond donors (Lipinski definition) is 1. The van der Waals surface area contributed by atoms with Crippen molar-refractivity contribution >= 4 is 21.6 Å². The van der Waals surface area contributed by atoms with Crippen LogP contribution in [0.25, 0.3) is 17.1 Å². The van der Waals surface area contributed by atoms with E-state index in [2.05, 4.69) is 32.1 Å². The first kappa shape index (κ1) is 13.3. The van der Waals surface area contributed by atoms with Crippen LogP contribution in [0, 0.1) is 11.3 Å². The van der Waals surface area contributed by atoms with E-state index in [4.69, 9.17) is 11.0 Å². The summed E-state index contributed by atoms with van der Waals surface area (Å²) in [6.07, 6.45) is 1.64. The molecule has 1 aromatic heterocycles. The minimum atomic E-state index is 0.587. The van der Waals surface area contributed by atoms with Crippen LogP contribution in [-0.2, 0) is 0 Å². The molecule has 0 fully saturated rings. The lowest BCUT2D eigenvalue weighted by Gasteiger charge is -2.03. The molecular weight excluding hydrogens is 330 g/mol. The second-order valence-electron chi connectivity index (χ2n) is 4.41. The molecule has 0 aliphatic heterocycles. The fourth-order valence-corrected chi connectivity index (χ4v) is 2.47. The van der Waals surface area contributed by atoms with E-state index in [1.165, 1.54) is 0 Å². The first-order valence-corrected chi connectivity index (χ1v) is 6.94. The van der Waals surface area contributed by atoms with Gasteiger partial charge in [-0.1, -0.05) is 0 Å². The van der Waals surface area contributed by atoms with Gasteiger partial charge in [0.15, 0.2) is 5.82 Å². The van der Waals surface area contributed by atoms with Crippen molar-refractivity contribution < 1.29 is 0 Å². The third-order valence-corrected chi connectivity index (χ3v) is 3.62. The Morgan fingerprint density at radius 1 is 1.14 bits per heavy atom. The third kappa shape index (κ3) is 2.64. The largest absolute Gasteiger partial charge is 0.399 e. The highest BCUT2D eigenvalue weighted by molar-refractivity contribution is 9.10. The van der Waals surface area contributed by atoms with Crippen LogP contribution in [0.5, 0.6) is 0 Å². The molecule has 1 heterocycles. The van der Waals surface area contributed by atoms with Gasteiger partial charge in [0, 0.05) is 15.7 Å². The smallest absolute Gasteiger partial charge is 0.181 e. The molecule has 0 amide bonds. The first-order valence-electron chi connectivity index (χ1n) is 6.15. The molecule has 6 heteroatoms. The monoisotopic (exact) mass is 339 g/mol. The summed E-state index contributed by atoms with van der Waals surface area (Å²) >= 11 is 3.44. The van der Waals surface area contributed by atoms with Crippen molar-refractivity contribution in [2.75, 3.05) is 5.73 Å². The number of rotatable bonds is 2. The molecular formula is C15H10BrN5. The van der Waals surface area contributed by atoms with Gasteiger partial charge < -0.3 is 5.73 Å². The molecule has 0 spiro atoms. The number of aromatic nitrogens is 3. The average Bonchev–Trinajstić information content (AvgIpc) is 2.97. The zero-order valence-corrected chi connectivity index (χ0v) is 12.4. The summed E-state index contributed by atoms with van der Waals surface area (Å²) in [5.74, 6) is 0.617. The lowest BCUT2D eigenvalue weighted by atomic mass is 10.2. The standard InChI is InChI=1S/C15H10BrN5/c16-13-7-10(8-17)1-6-14(13)21-9-19-15(20-21)11-2-4-12(18)5-3-11/h1-7,9H,18H2. The molecule has 0 unspecified atom stereocenters. The van der Waals surface area contributed by atoms with Crippen molar-refractivity contribution in [1.29, 1.82) is 5.26 Å². The van der Waals surface area contributed by atoms with E-state index in [0.29, 0.717) is 17.1 Å². The Balaban J connectivity index is 1.99. The minimum Gasteiger partial charge on any atom is -0.399 e. The molecule has 5 nitrogen and oxygen atoms in total. The van der Waals surface area contributed by atoms with Crippen LogP contribution < -0.4 is 5.73 Å². The molecule has 0 saturated carbocycles. The van der Waals surface area contributed by atoms with Crippen LogP contribution in [0.4, 0.5) is 5.69 Å². The number of nitrogens with zero attached hydrogens (tertiary/aromatic N) is 4. The van der Waals surface area contributed by atoms with Crippen LogP contribution in [0.2, 0.25) is 0 Å². The highest BCUT2D eigenvalue weighted by atomic mass is 79.9. The molecule has 0 bridgehead atoms. The van der Waals surface area contributed by atoms with Gasteiger partial charge in [0.25, 0.3) is 0 Å². The van der Waals surface area contributed by atoms with Gasteiger partial charge in [0.2, 0.25) is 0 Å². The number of halogens is 1. The van der Waals surface area contributed by atoms with Crippen molar-refractivity contribution in [3.63, 3.8) is 0 Å². The molecule has 102 valence electrons. The van der Waals surface area contributed by atoms with E-state index >= 15 is 0 Å². The summed E-state index contributed by atoms with van der Waals surface area (Å²) in [5, 5.41) is 13.3. The summed E-state index contributed by atoms with van der Waals surface area (Å²) in [6.45, 7) is 0. The Labute approximate surface area is 129 Å². The molecule has 0 aliphatic rings. The van der Waals surface area contributed by atoms with E-state index in [1.54, 1.807) is 23.1 Å². The quantitative estimate of drug-likeness (QED) is 0.727. The van der Waals surface area contributed by atoms with Gasteiger partial charge in [0.05, 0.1) is 17.3 Å². The van der Waals surface area contributed by atoms with Crippen LogP contribution in [-0.4, -0.2) is 14.8 Å². The summed E-state index contributed by atoms with van der Waals surface area (Å²) in [4.78, 5) is 4.30. The number of nitriles is 1. The maximum Gasteiger partial charge on any atom is 0.181 e. The minimum absolute atomic E-state index is 0.587. The van der Waals surface area contributed by atoms with Crippen molar-refractivity contribution in [3.8, 4) is 23.1 Å². The van der Waals surface area contributed by atoms with Gasteiger partial charge in [0.1, 0.15) is 6.33 Å². The van der Waals surface area contributed by atoms with Crippen LogP contribution in [0.3, 0.4) is 0 Å². The van der Waals surface area contributed by atoms with Crippen LogP contribution in [0.1, 0.15) is 5.56 Å². The average molecular weight is 340 g/mol. The van der Waals surface area contributed by atoms with Crippen molar-refractivity contribution in [1.82, 2.24) is 14.8 Å². The lowest BCUT2D eigenvalue weighted by Crippen LogP contribution is -1.96. The van der Waals surface area contributed by atoms with Crippen molar-refractivity contribution in [3.05, 3.63) is 58.8 Å². The van der Waals surface area contributed by atoms with Crippen molar-refractivity contribution in [2.45, 2.75) is 0 Å². The Bertz CT molecular complexity index is 830. The van der Waals surface area contributed by atoms with E-state index in [0.717, 1.165) is 15.7 Å². The predicted octanol–water partition coefficient (Wildman–Crippen LogP) is 3.15. The van der Waals surface area contributed by atoms with E-state index in [1.807, 2.05) is 30.3 Å². The summed E-state index contributed by atoms with van der Waals surface area (Å²) in [5.41, 5.74) is 8.68. The lowest BCUT2D eigenvalue weighted by molar-refractivity contribution is 0.877. The number of anilines is 1. The summed E-state index contributed by atoms with van der Waals surface area (Å²) < 4.78 is 2.45. The number of benzene rings is 2. The topological polar surface area (TPSA) is 80.5 Å². The molecule has 0 atom stereocenters. The predicted molar refractivity (Wildman–Crippen MR) is 83.6 cm³/mol. The molecule has 0 radical (unpaired) electrons. The van der Waals surface area contributed by atoms with E-state index < -0.39 is 0 Å². The first-order chi connectivity index (χ1) is 10.2. The summed E-state index contributed by atoms with van der Waals surface area (Å²) in [7, 11) is 0. The molecule has 3 aromatic rings. The molecule has 3 rings (SSSR count). The molecule has 21 heavy (non-hydrogen) atoms. The van der Waals surface area contributed by atoms with E-state index in [9.17, 15) is 0 Å². The third-order valence-electron chi connectivity index (χ3n) is 2.98. The molecule has 0 aliphatic carbocycles. The Morgan fingerprint density at radius 2 is 1.90 bits per heavy atom. The fraction of sp³-hybridized carbons (Fsp3) is 0. The van der Waals surface area contributed by atoms with Gasteiger partial charge >= 0.3 is 0 Å². The zero-order chi connectivity index (χ0) is 14.8. The summed E-state index contributed by atoms with van der Waals surface area (Å²) in [6, 6.07) is 14.8. The van der Waals surface area contributed by atoms with E-state index in [-0.39, 0.29) is 0 Å². The second kappa shape index (κ2) is 5.38. The van der Waals surface area contributed by atoms with Gasteiger partial charge in [-0.15, -0.1) is 5.10 Å². The fourth-order valence-electron chi connectivity index (χ4n) is 1.91. The number of hydrogen-bond acceptors (Lipinski definition) is 4. The Hall–Kier alpha value is -2.65. The molecule has 2 N–H and O–H groups in total. The van der Waals surface area contributed by atoms with Gasteiger partial charge in [-0.05, 0) is 58.4 Å². The Morgan fingerprint density at radius 3 is 2.57 bits per heavy atom. The normalized spacial score (nSPS) is 10.3. The zero-order valence-electron chi connectivity index (χ0n) is 10.9. The second-order valence-corrected chi connectivity index (χ2v) is 5.27. The molecule has 0 saturated heterocycles. The maximum atomic E-state index is 8.88.